The summed E-state index contributed by atoms with van der Waals surface area (Å²) in [6, 6.07) is 9.62. The van der Waals surface area contributed by atoms with E-state index in [1.54, 1.807) is 12.1 Å². The lowest BCUT2D eigenvalue weighted by Crippen LogP contribution is -2.33. The molecule has 0 aliphatic heterocycles. The number of amides is 1. The molecule has 1 aliphatic carbocycles. The Labute approximate surface area is 101 Å². The van der Waals surface area contributed by atoms with E-state index in [0.29, 0.717) is 18.0 Å². The molecule has 1 aromatic rings. The second kappa shape index (κ2) is 5.49. The van der Waals surface area contributed by atoms with Crippen LogP contribution in [0, 0.1) is 11.3 Å². The maximum atomic E-state index is 11.7. The monoisotopic (exact) mass is 228 g/mol. The lowest BCUT2D eigenvalue weighted by Gasteiger charge is -2.11. The highest BCUT2D eigenvalue weighted by molar-refractivity contribution is 5.78. The summed E-state index contributed by atoms with van der Waals surface area (Å²) in [4.78, 5) is 11.7. The molecule has 0 radical (unpaired) electrons. The number of nitrogens with zero attached hydrogens (tertiary/aromatic N) is 1. The third-order valence-corrected chi connectivity index (χ3v) is 3.17. The third kappa shape index (κ3) is 3.32. The first kappa shape index (κ1) is 11.7. The number of carbonyl (C=O) groups is 1. The fraction of sp³-hybridized carbons (Fsp3) is 0.429. The molecule has 88 valence electrons. The van der Waals surface area contributed by atoms with Crippen molar-refractivity contribution in [3.8, 4) is 6.07 Å². The Bertz CT molecular complexity index is 425. The molecule has 0 atom stereocenters. The minimum absolute atomic E-state index is 0.0848. The molecular formula is C14H16N2O. The number of benzene rings is 1. The number of nitrogens with one attached hydrogen (secondary N) is 1. The lowest BCUT2D eigenvalue weighted by atomic mass is 10.1. The first-order valence-electron chi connectivity index (χ1n) is 6.06. The van der Waals surface area contributed by atoms with Crippen LogP contribution in [-0.4, -0.2) is 11.9 Å². The fourth-order valence-corrected chi connectivity index (χ4v) is 2.23. The molecule has 1 fully saturated rings. The zero-order chi connectivity index (χ0) is 12.1. The number of hydrogen-bond acceptors (Lipinski definition) is 2. The first-order valence-corrected chi connectivity index (χ1v) is 6.06. The number of hydrogen-bond donors (Lipinski definition) is 1. The maximum Gasteiger partial charge on any atom is 0.224 e. The van der Waals surface area contributed by atoms with E-state index >= 15 is 0 Å². The predicted molar refractivity (Wildman–Crippen MR) is 65.3 cm³/mol. The van der Waals surface area contributed by atoms with Crippen LogP contribution in [0.4, 0.5) is 0 Å². The quantitative estimate of drug-likeness (QED) is 0.861. The molecule has 17 heavy (non-hydrogen) atoms. The average Bonchev–Trinajstić information content (AvgIpc) is 2.82. The van der Waals surface area contributed by atoms with Gasteiger partial charge in [0.25, 0.3) is 0 Å². The Morgan fingerprint density at radius 1 is 1.29 bits per heavy atom. The van der Waals surface area contributed by atoms with E-state index in [2.05, 4.69) is 11.4 Å². The summed E-state index contributed by atoms with van der Waals surface area (Å²) in [6.07, 6.45) is 5.07. The van der Waals surface area contributed by atoms with Crippen LogP contribution >= 0.6 is 0 Å². The van der Waals surface area contributed by atoms with Crippen molar-refractivity contribution in [1.29, 1.82) is 5.26 Å². The van der Waals surface area contributed by atoms with Crippen LogP contribution < -0.4 is 5.32 Å². The van der Waals surface area contributed by atoms with Crippen molar-refractivity contribution in [1.82, 2.24) is 5.32 Å². The van der Waals surface area contributed by atoms with E-state index in [1.165, 1.54) is 12.8 Å². The molecule has 3 heteroatoms. The molecule has 1 saturated carbocycles. The predicted octanol–water partition coefficient (Wildman–Crippen LogP) is 2.16. The summed E-state index contributed by atoms with van der Waals surface area (Å²) in [7, 11) is 0. The second-order valence-corrected chi connectivity index (χ2v) is 4.53. The Balaban J connectivity index is 1.86. The van der Waals surface area contributed by atoms with Gasteiger partial charge >= 0.3 is 0 Å². The van der Waals surface area contributed by atoms with Gasteiger partial charge in [-0.2, -0.15) is 5.26 Å². The number of rotatable bonds is 3. The highest BCUT2D eigenvalue weighted by Crippen LogP contribution is 2.17. The molecule has 1 aromatic carbocycles. The molecule has 0 saturated heterocycles. The van der Waals surface area contributed by atoms with Crippen LogP contribution in [0.15, 0.2) is 24.3 Å². The minimum atomic E-state index is 0.0848. The summed E-state index contributed by atoms with van der Waals surface area (Å²) in [6.45, 7) is 0. The van der Waals surface area contributed by atoms with Crippen molar-refractivity contribution < 1.29 is 4.79 Å². The Morgan fingerprint density at radius 2 is 1.94 bits per heavy atom. The van der Waals surface area contributed by atoms with Gasteiger partial charge in [-0.25, -0.2) is 0 Å². The Morgan fingerprint density at radius 3 is 2.53 bits per heavy atom. The topological polar surface area (TPSA) is 52.9 Å². The van der Waals surface area contributed by atoms with E-state index < -0.39 is 0 Å². The van der Waals surface area contributed by atoms with Crippen molar-refractivity contribution >= 4 is 5.91 Å². The molecule has 1 aliphatic rings. The first-order chi connectivity index (χ1) is 8.28. The number of nitriles is 1. The average molecular weight is 228 g/mol. The summed E-state index contributed by atoms with van der Waals surface area (Å²) < 4.78 is 0. The minimum Gasteiger partial charge on any atom is -0.353 e. The van der Waals surface area contributed by atoms with Gasteiger partial charge < -0.3 is 5.32 Å². The summed E-state index contributed by atoms with van der Waals surface area (Å²) >= 11 is 0. The van der Waals surface area contributed by atoms with E-state index in [-0.39, 0.29) is 5.91 Å². The summed E-state index contributed by atoms with van der Waals surface area (Å²) in [5, 5.41) is 11.7. The SMILES string of the molecule is N#Cc1ccc(CC(=O)NC2CCCC2)cc1. The van der Waals surface area contributed by atoms with Gasteiger partial charge in [0.2, 0.25) is 5.91 Å². The highest BCUT2D eigenvalue weighted by Gasteiger charge is 2.16. The zero-order valence-corrected chi connectivity index (χ0v) is 9.78. The molecule has 0 heterocycles. The van der Waals surface area contributed by atoms with Gasteiger partial charge in [-0.05, 0) is 30.5 Å². The third-order valence-electron chi connectivity index (χ3n) is 3.17. The lowest BCUT2D eigenvalue weighted by molar-refractivity contribution is -0.121. The van der Waals surface area contributed by atoms with Gasteiger partial charge in [-0.1, -0.05) is 25.0 Å². The van der Waals surface area contributed by atoms with E-state index in [4.69, 9.17) is 5.26 Å². The van der Waals surface area contributed by atoms with Gasteiger partial charge in [0.1, 0.15) is 0 Å². The molecule has 0 spiro atoms. The van der Waals surface area contributed by atoms with Crippen molar-refractivity contribution in [2.75, 3.05) is 0 Å². The van der Waals surface area contributed by atoms with Crippen LogP contribution in [0.25, 0.3) is 0 Å². The maximum absolute atomic E-state index is 11.7. The molecular weight excluding hydrogens is 212 g/mol. The smallest absolute Gasteiger partial charge is 0.224 e. The molecule has 0 aromatic heterocycles. The zero-order valence-electron chi connectivity index (χ0n) is 9.78. The molecule has 3 nitrogen and oxygen atoms in total. The van der Waals surface area contributed by atoms with Crippen LogP contribution in [0.3, 0.4) is 0 Å². The summed E-state index contributed by atoms with van der Waals surface area (Å²) in [5.41, 5.74) is 1.59. The Hall–Kier alpha value is -1.82. The van der Waals surface area contributed by atoms with E-state index in [1.807, 2.05) is 12.1 Å². The summed E-state index contributed by atoms with van der Waals surface area (Å²) in [5.74, 6) is 0.0848. The normalized spacial score (nSPS) is 15.5. The molecule has 2 rings (SSSR count). The van der Waals surface area contributed by atoms with Gasteiger partial charge in [0.15, 0.2) is 0 Å². The molecule has 1 N–H and O–H groups in total. The van der Waals surface area contributed by atoms with Crippen molar-refractivity contribution in [3.05, 3.63) is 35.4 Å². The fourth-order valence-electron chi connectivity index (χ4n) is 2.23. The van der Waals surface area contributed by atoms with Crippen LogP contribution in [-0.2, 0) is 11.2 Å². The Kier molecular flexibility index (Phi) is 3.77. The standard InChI is InChI=1S/C14H16N2O/c15-10-12-7-5-11(6-8-12)9-14(17)16-13-3-1-2-4-13/h5-8,13H,1-4,9H2,(H,16,17). The van der Waals surface area contributed by atoms with Crippen molar-refractivity contribution in [2.45, 2.75) is 38.1 Å². The van der Waals surface area contributed by atoms with E-state index in [0.717, 1.165) is 18.4 Å². The van der Waals surface area contributed by atoms with Crippen LogP contribution in [0.2, 0.25) is 0 Å². The van der Waals surface area contributed by atoms with E-state index in [9.17, 15) is 4.79 Å². The van der Waals surface area contributed by atoms with Crippen molar-refractivity contribution in [2.24, 2.45) is 0 Å². The van der Waals surface area contributed by atoms with Crippen molar-refractivity contribution in [3.63, 3.8) is 0 Å². The van der Waals surface area contributed by atoms with Gasteiger partial charge in [0.05, 0.1) is 18.1 Å². The molecule has 1 amide bonds. The van der Waals surface area contributed by atoms with Crippen LogP contribution in [0.1, 0.15) is 36.8 Å². The van der Waals surface area contributed by atoms with Gasteiger partial charge in [0, 0.05) is 6.04 Å². The molecule has 0 unspecified atom stereocenters. The molecule has 0 bridgehead atoms. The second-order valence-electron chi connectivity index (χ2n) is 4.53. The van der Waals surface area contributed by atoms with Gasteiger partial charge in [-0.3, -0.25) is 4.79 Å². The van der Waals surface area contributed by atoms with Gasteiger partial charge in [-0.15, -0.1) is 0 Å². The largest absolute Gasteiger partial charge is 0.353 e. The van der Waals surface area contributed by atoms with Crippen LogP contribution in [0.5, 0.6) is 0 Å². The highest BCUT2D eigenvalue weighted by atomic mass is 16.1. The number of carbonyl (C=O) groups excluding carboxylic acids is 1.